The van der Waals surface area contributed by atoms with Crippen LogP contribution in [0.3, 0.4) is 0 Å². The third-order valence-electron chi connectivity index (χ3n) is 0.340. The predicted octanol–water partition coefficient (Wildman–Crippen LogP) is -0.486. The van der Waals surface area contributed by atoms with Crippen molar-refractivity contribution in [1.29, 1.82) is 0 Å². The summed E-state index contributed by atoms with van der Waals surface area (Å²) in [5.74, 6) is -0.975. The van der Waals surface area contributed by atoms with Gasteiger partial charge in [0.2, 0.25) is 0 Å². The van der Waals surface area contributed by atoms with Crippen molar-refractivity contribution in [2.24, 2.45) is 0 Å². The van der Waals surface area contributed by atoms with Gasteiger partial charge >= 0.3 is 31.8 Å². The zero-order chi connectivity index (χ0) is 5.15. The van der Waals surface area contributed by atoms with E-state index >= 15 is 0 Å². The summed E-state index contributed by atoms with van der Waals surface area (Å²) in [6, 6.07) is 0. The van der Waals surface area contributed by atoms with Gasteiger partial charge in [0.1, 0.15) is 5.38 Å². The van der Waals surface area contributed by atoms with Crippen molar-refractivity contribution in [3.05, 3.63) is 0 Å². The first kappa shape index (κ1) is 10.6. The molecular formula is C3H8ClInO2. The molecule has 0 bridgehead atoms. The third-order valence-corrected chi connectivity index (χ3v) is 0.527. The van der Waals surface area contributed by atoms with E-state index in [-0.39, 0.29) is 25.8 Å². The minimum atomic E-state index is -0.975. The first-order valence-corrected chi connectivity index (χ1v) is 1.95. The quantitative estimate of drug-likeness (QED) is 0.613. The molecule has 0 aromatic rings. The van der Waals surface area contributed by atoms with Gasteiger partial charge in [-0.3, -0.25) is 4.79 Å². The van der Waals surface area contributed by atoms with Crippen LogP contribution in [0.4, 0.5) is 0 Å². The average molecular weight is 226 g/mol. The fourth-order valence-electron chi connectivity index (χ4n) is 0. The second-order valence-electron chi connectivity index (χ2n) is 0.954. The van der Waals surface area contributed by atoms with E-state index in [9.17, 15) is 4.79 Å². The maximum atomic E-state index is 9.57. The molecule has 7 heavy (non-hydrogen) atoms. The molecule has 42 valence electrons. The molecular weight excluding hydrogens is 218 g/mol. The Hall–Kier alpha value is 0.630. The normalized spacial score (nSPS) is 11.7. The van der Waals surface area contributed by atoms with Crippen LogP contribution in [0.5, 0.6) is 0 Å². The van der Waals surface area contributed by atoms with Crippen molar-refractivity contribution in [3.63, 3.8) is 0 Å². The first-order chi connectivity index (χ1) is 2.64. The van der Waals surface area contributed by atoms with Crippen LogP contribution in [-0.4, -0.2) is 42.3 Å². The SMILES string of the molecule is CC(Cl)C(=O)O.[InH3]. The van der Waals surface area contributed by atoms with Crippen molar-refractivity contribution in [2.75, 3.05) is 0 Å². The van der Waals surface area contributed by atoms with E-state index in [0.29, 0.717) is 0 Å². The molecule has 2 nitrogen and oxygen atoms in total. The standard InChI is InChI=1S/C3H5ClO2.In.3H/c1-2(4)3(5)6;;;;/h2H,1H3,(H,5,6);;;;. The van der Waals surface area contributed by atoms with Crippen LogP contribution in [0.2, 0.25) is 0 Å². The molecule has 0 aliphatic carbocycles. The zero-order valence-corrected chi connectivity index (χ0v) is 4.07. The molecule has 0 heterocycles. The number of halogens is 1. The molecule has 0 fully saturated rings. The van der Waals surface area contributed by atoms with E-state index < -0.39 is 11.3 Å². The van der Waals surface area contributed by atoms with Gasteiger partial charge in [0.25, 0.3) is 0 Å². The Morgan fingerprint density at radius 2 is 2.00 bits per heavy atom. The van der Waals surface area contributed by atoms with Crippen LogP contribution < -0.4 is 0 Å². The Bertz CT molecular complexity index is 64.0. The van der Waals surface area contributed by atoms with E-state index in [2.05, 4.69) is 0 Å². The number of hydrogen-bond donors (Lipinski definition) is 1. The third kappa shape index (κ3) is 6.63. The maximum absolute atomic E-state index is 9.57. The van der Waals surface area contributed by atoms with Gasteiger partial charge in [-0.1, -0.05) is 0 Å². The van der Waals surface area contributed by atoms with Gasteiger partial charge in [-0.25, -0.2) is 0 Å². The summed E-state index contributed by atoms with van der Waals surface area (Å²) in [5, 5.41) is 7.10. The van der Waals surface area contributed by atoms with Crippen LogP contribution in [-0.2, 0) is 4.79 Å². The van der Waals surface area contributed by atoms with Crippen LogP contribution in [0.1, 0.15) is 6.92 Å². The summed E-state index contributed by atoms with van der Waals surface area (Å²) in [7, 11) is 0. The molecule has 1 unspecified atom stereocenters. The number of carbonyl (C=O) groups is 1. The molecule has 0 aliphatic rings. The average Bonchev–Trinajstić information content (AvgIpc) is 1.36. The van der Waals surface area contributed by atoms with Crippen LogP contribution >= 0.6 is 11.6 Å². The Morgan fingerprint density at radius 1 is 1.86 bits per heavy atom. The second-order valence-corrected chi connectivity index (χ2v) is 1.61. The molecule has 0 amide bonds. The van der Waals surface area contributed by atoms with E-state index in [0.717, 1.165) is 0 Å². The Kier molecular flexibility index (Phi) is 7.23. The number of carboxylic acid groups (broad SMARTS) is 1. The molecule has 4 heteroatoms. The van der Waals surface area contributed by atoms with Crippen LogP contribution in [0.15, 0.2) is 0 Å². The Balaban J connectivity index is 0. The van der Waals surface area contributed by atoms with Crippen molar-refractivity contribution >= 4 is 43.4 Å². The van der Waals surface area contributed by atoms with E-state index in [4.69, 9.17) is 16.7 Å². The van der Waals surface area contributed by atoms with Gasteiger partial charge in [-0.05, 0) is 6.92 Å². The zero-order valence-electron chi connectivity index (χ0n) is 3.31. The molecule has 0 aliphatic heterocycles. The van der Waals surface area contributed by atoms with Gasteiger partial charge < -0.3 is 5.11 Å². The van der Waals surface area contributed by atoms with Crippen LogP contribution in [0, 0.1) is 0 Å². The predicted molar refractivity (Wildman–Crippen MR) is 32.9 cm³/mol. The van der Waals surface area contributed by atoms with Gasteiger partial charge in [0.15, 0.2) is 0 Å². The second kappa shape index (κ2) is 4.78. The first-order valence-electron chi connectivity index (χ1n) is 1.51. The Morgan fingerprint density at radius 3 is 2.00 bits per heavy atom. The molecule has 0 radical (unpaired) electrons. The van der Waals surface area contributed by atoms with Gasteiger partial charge in [-0.15, -0.1) is 11.6 Å². The molecule has 0 aromatic carbocycles. The van der Waals surface area contributed by atoms with Gasteiger partial charge in [0, 0.05) is 0 Å². The van der Waals surface area contributed by atoms with Crippen molar-refractivity contribution in [3.8, 4) is 0 Å². The summed E-state index contributed by atoms with van der Waals surface area (Å²) in [6.45, 7) is 1.41. The van der Waals surface area contributed by atoms with E-state index in [1.165, 1.54) is 6.92 Å². The molecule has 0 saturated heterocycles. The van der Waals surface area contributed by atoms with Crippen molar-refractivity contribution < 1.29 is 9.90 Å². The summed E-state index contributed by atoms with van der Waals surface area (Å²) in [5.41, 5.74) is 0. The molecule has 1 N–H and O–H groups in total. The topological polar surface area (TPSA) is 37.3 Å². The summed E-state index contributed by atoms with van der Waals surface area (Å²) >= 11 is 5.01. The molecule has 0 saturated carbocycles. The van der Waals surface area contributed by atoms with Gasteiger partial charge in [0.05, 0.1) is 0 Å². The fourth-order valence-corrected chi connectivity index (χ4v) is 0. The molecule has 0 spiro atoms. The monoisotopic (exact) mass is 226 g/mol. The van der Waals surface area contributed by atoms with E-state index in [1.807, 2.05) is 0 Å². The van der Waals surface area contributed by atoms with E-state index in [1.54, 1.807) is 0 Å². The summed E-state index contributed by atoms with van der Waals surface area (Å²) < 4.78 is 0. The number of rotatable bonds is 1. The fraction of sp³-hybridized carbons (Fsp3) is 0.667. The summed E-state index contributed by atoms with van der Waals surface area (Å²) in [6.07, 6.45) is 0. The summed E-state index contributed by atoms with van der Waals surface area (Å²) in [4.78, 5) is 9.57. The van der Waals surface area contributed by atoms with Crippen molar-refractivity contribution in [1.82, 2.24) is 0 Å². The Labute approximate surface area is 65.6 Å². The van der Waals surface area contributed by atoms with Crippen molar-refractivity contribution in [2.45, 2.75) is 12.3 Å². The van der Waals surface area contributed by atoms with Gasteiger partial charge in [-0.2, -0.15) is 0 Å². The number of hydrogen-bond acceptors (Lipinski definition) is 1. The molecule has 0 aromatic heterocycles. The molecule has 1 atom stereocenters. The number of aliphatic carboxylic acids is 1. The van der Waals surface area contributed by atoms with Crippen LogP contribution in [0.25, 0.3) is 0 Å². The number of carboxylic acids is 1. The number of alkyl halides is 1. The molecule has 0 rings (SSSR count). The minimum absolute atomic E-state index is 0.